The summed E-state index contributed by atoms with van der Waals surface area (Å²) in [6.45, 7) is 1.24. The Labute approximate surface area is 218 Å². The predicted molar refractivity (Wildman–Crippen MR) is 153 cm³/mol. The van der Waals surface area contributed by atoms with Crippen molar-refractivity contribution in [2.24, 2.45) is 0 Å². The molecule has 6 rings (SSSR count). The minimum absolute atomic E-state index is 0.415. The normalized spacial score (nSPS) is 11.6. The van der Waals surface area contributed by atoms with E-state index < -0.39 is 8.60 Å². The molecule has 37 heavy (non-hydrogen) atoms. The Morgan fingerprint density at radius 1 is 0.351 bits per heavy atom. The van der Waals surface area contributed by atoms with Gasteiger partial charge in [0.2, 0.25) is 0 Å². The molecule has 182 valence electrons. The Bertz CT molecular complexity index is 1450. The van der Waals surface area contributed by atoms with Gasteiger partial charge in [-0.05, 0) is 49.0 Å². The zero-order valence-corrected chi connectivity index (χ0v) is 21.3. The highest BCUT2D eigenvalue weighted by molar-refractivity contribution is 7.41. The molecule has 0 heterocycles. The second-order valence-electron chi connectivity index (χ2n) is 8.96. The van der Waals surface area contributed by atoms with Crippen molar-refractivity contribution in [2.45, 2.75) is 19.8 Å². The van der Waals surface area contributed by atoms with Crippen molar-refractivity contribution in [1.82, 2.24) is 0 Å². The maximum atomic E-state index is 6.32. The van der Waals surface area contributed by atoms with Gasteiger partial charge in [-0.2, -0.15) is 0 Å². The fourth-order valence-electron chi connectivity index (χ4n) is 4.73. The van der Waals surface area contributed by atoms with Crippen molar-refractivity contribution in [1.29, 1.82) is 0 Å². The molecular weight excluding hydrogens is 475 g/mol. The summed E-state index contributed by atoms with van der Waals surface area (Å²) in [6.07, 6.45) is 0. The quantitative estimate of drug-likeness (QED) is 0.184. The predicted octanol–water partition coefficient (Wildman–Crippen LogP) is 9.32. The van der Waals surface area contributed by atoms with E-state index in [0.29, 0.717) is 19.8 Å². The maximum absolute atomic E-state index is 6.32. The molecule has 6 aromatic rings. The summed E-state index contributed by atoms with van der Waals surface area (Å²) in [5.74, 6) is 0. The number of fused-ring (bicyclic) bond motifs is 3. The van der Waals surface area contributed by atoms with Gasteiger partial charge >= 0.3 is 8.60 Å². The highest BCUT2D eigenvalue weighted by Crippen LogP contribution is 2.44. The van der Waals surface area contributed by atoms with Gasteiger partial charge in [0.1, 0.15) is 0 Å². The molecule has 0 aromatic heterocycles. The zero-order chi connectivity index (χ0) is 24.9. The van der Waals surface area contributed by atoms with Crippen molar-refractivity contribution < 1.29 is 13.6 Å². The standard InChI is InChI=1S/C33H27O3P/c1-4-19-31-25(10-1)13-7-16-28(31)22-34-37(35-23-29-17-8-14-26-11-2-5-20-32(26)29)36-24-30-18-9-15-27-12-3-6-21-33(27)30/h1-21H,22-24H2. The molecular formula is C33H27O3P. The van der Waals surface area contributed by atoms with Crippen molar-refractivity contribution in [3.05, 3.63) is 144 Å². The van der Waals surface area contributed by atoms with Crippen LogP contribution in [0.3, 0.4) is 0 Å². The first-order valence-corrected chi connectivity index (χ1v) is 13.5. The zero-order valence-electron chi connectivity index (χ0n) is 20.4. The molecule has 0 amide bonds. The van der Waals surface area contributed by atoms with Crippen LogP contribution in [0.25, 0.3) is 32.3 Å². The molecule has 0 aliphatic carbocycles. The van der Waals surface area contributed by atoms with Crippen LogP contribution in [0.1, 0.15) is 16.7 Å². The van der Waals surface area contributed by atoms with Crippen LogP contribution in [0, 0.1) is 0 Å². The number of hydrogen-bond acceptors (Lipinski definition) is 3. The molecule has 0 spiro atoms. The molecule has 0 saturated carbocycles. The van der Waals surface area contributed by atoms with Gasteiger partial charge in [0.25, 0.3) is 0 Å². The Morgan fingerprint density at radius 3 is 1.00 bits per heavy atom. The van der Waals surface area contributed by atoms with Gasteiger partial charge in [0.15, 0.2) is 0 Å². The largest absolute Gasteiger partial charge is 0.333 e. The van der Waals surface area contributed by atoms with E-state index in [-0.39, 0.29) is 0 Å². The third-order valence-electron chi connectivity index (χ3n) is 6.62. The first-order chi connectivity index (χ1) is 18.3. The third kappa shape index (κ3) is 5.41. The van der Waals surface area contributed by atoms with Crippen LogP contribution >= 0.6 is 8.60 Å². The topological polar surface area (TPSA) is 27.7 Å². The van der Waals surface area contributed by atoms with E-state index in [9.17, 15) is 0 Å². The summed E-state index contributed by atoms with van der Waals surface area (Å²) >= 11 is 0. The van der Waals surface area contributed by atoms with E-state index in [2.05, 4.69) is 127 Å². The van der Waals surface area contributed by atoms with Crippen LogP contribution in [-0.4, -0.2) is 0 Å². The van der Waals surface area contributed by atoms with Gasteiger partial charge in [-0.3, -0.25) is 0 Å². The molecule has 0 fully saturated rings. The van der Waals surface area contributed by atoms with Gasteiger partial charge < -0.3 is 13.6 Å². The van der Waals surface area contributed by atoms with Crippen molar-refractivity contribution in [3.63, 3.8) is 0 Å². The average Bonchev–Trinajstić information content (AvgIpc) is 2.96. The molecule has 3 nitrogen and oxygen atoms in total. The summed E-state index contributed by atoms with van der Waals surface area (Å²) in [5, 5.41) is 7.14. The second kappa shape index (κ2) is 11.2. The van der Waals surface area contributed by atoms with E-state index in [1.54, 1.807) is 0 Å². The monoisotopic (exact) mass is 502 g/mol. The van der Waals surface area contributed by atoms with Crippen molar-refractivity contribution in [2.75, 3.05) is 0 Å². The second-order valence-corrected chi connectivity index (χ2v) is 10.2. The highest BCUT2D eigenvalue weighted by atomic mass is 31.2. The Hall–Kier alpha value is -3.59. The Balaban J connectivity index is 1.23. The Kier molecular flexibility index (Phi) is 7.21. The fourth-order valence-corrected chi connectivity index (χ4v) is 5.69. The Morgan fingerprint density at radius 2 is 0.649 bits per heavy atom. The summed E-state index contributed by atoms with van der Waals surface area (Å²) in [6, 6.07) is 44.0. The molecule has 0 unspecified atom stereocenters. The first-order valence-electron chi connectivity index (χ1n) is 12.4. The number of hydrogen-bond donors (Lipinski definition) is 0. The average molecular weight is 503 g/mol. The van der Waals surface area contributed by atoms with Gasteiger partial charge in [0, 0.05) is 0 Å². The molecule has 0 radical (unpaired) electrons. The molecule has 0 saturated heterocycles. The van der Waals surface area contributed by atoms with Gasteiger partial charge in [-0.1, -0.05) is 127 Å². The number of benzene rings is 6. The molecule has 4 heteroatoms. The van der Waals surface area contributed by atoms with Gasteiger partial charge in [-0.25, -0.2) is 0 Å². The van der Waals surface area contributed by atoms with Crippen LogP contribution in [0.4, 0.5) is 0 Å². The molecule has 6 aromatic carbocycles. The lowest BCUT2D eigenvalue weighted by Gasteiger charge is -2.19. The first kappa shape index (κ1) is 23.8. The lowest BCUT2D eigenvalue weighted by Crippen LogP contribution is -1.99. The van der Waals surface area contributed by atoms with E-state index in [4.69, 9.17) is 13.6 Å². The summed E-state index contributed by atoms with van der Waals surface area (Å²) in [4.78, 5) is 0. The van der Waals surface area contributed by atoms with Crippen molar-refractivity contribution in [3.8, 4) is 0 Å². The minimum atomic E-state index is -1.60. The van der Waals surface area contributed by atoms with Crippen molar-refractivity contribution >= 4 is 40.9 Å². The van der Waals surface area contributed by atoms with E-state index >= 15 is 0 Å². The van der Waals surface area contributed by atoms with Crippen LogP contribution in [0.5, 0.6) is 0 Å². The van der Waals surface area contributed by atoms with Crippen LogP contribution < -0.4 is 0 Å². The van der Waals surface area contributed by atoms with E-state index in [0.717, 1.165) is 16.7 Å². The molecule has 0 atom stereocenters. The fraction of sp³-hybridized carbons (Fsp3) is 0.0909. The summed E-state index contributed by atoms with van der Waals surface area (Å²) < 4.78 is 19.0. The van der Waals surface area contributed by atoms with Gasteiger partial charge in [0.05, 0.1) is 19.8 Å². The highest BCUT2D eigenvalue weighted by Gasteiger charge is 2.16. The number of rotatable bonds is 9. The lowest BCUT2D eigenvalue weighted by atomic mass is 10.1. The van der Waals surface area contributed by atoms with Crippen LogP contribution in [-0.2, 0) is 33.4 Å². The lowest BCUT2D eigenvalue weighted by molar-refractivity contribution is 0.145. The molecule has 0 bridgehead atoms. The van der Waals surface area contributed by atoms with E-state index in [1.807, 2.05) is 0 Å². The molecule has 0 aliphatic rings. The SMILES string of the molecule is c1ccc2c(COP(OCc3cccc4ccccc34)OCc3cccc4ccccc34)cccc2c1. The minimum Gasteiger partial charge on any atom is -0.307 e. The van der Waals surface area contributed by atoms with Crippen LogP contribution in [0.15, 0.2) is 127 Å². The van der Waals surface area contributed by atoms with E-state index in [1.165, 1.54) is 32.3 Å². The smallest absolute Gasteiger partial charge is 0.307 e. The maximum Gasteiger partial charge on any atom is 0.333 e. The van der Waals surface area contributed by atoms with Crippen LogP contribution in [0.2, 0.25) is 0 Å². The van der Waals surface area contributed by atoms with Gasteiger partial charge in [-0.15, -0.1) is 0 Å². The third-order valence-corrected chi connectivity index (χ3v) is 7.64. The summed E-state index contributed by atoms with van der Waals surface area (Å²) in [5.41, 5.74) is 3.36. The summed E-state index contributed by atoms with van der Waals surface area (Å²) in [7, 11) is -1.60. The molecule has 0 N–H and O–H groups in total. The molecule has 0 aliphatic heterocycles.